The van der Waals surface area contributed by atoms with Crippen LogP contribution in [0.1, 0.15) is 24.9 Å². The van der Waals surface area contributed by atoms with Crippen molar-refractivity contribution in [3.05, 3.63) is 34.3 Å². The number of amides is 2. The molecule has 1 aliphatic rings. The molecular formula is C16H22BrN3O2. The maximum absolute atomic E-state index is 12.9. The van der Waals surface area contributed by atoms with Gasteiger partial charge in [0, 0.05) is 17.6 Å². The van der Waals surface area contributed by atoms with Crippen molar-refractivity contribution < 1.29 is 9.59 Å². The van der Waals surface area contributed by atoms with Crippen LogP contribution in [0.2, 0.25) is 0 Å². The molecule has 5 nitrogen and oxygen atoms in total. The molecule has 1 heterocycles. The number of carbonyl (C=O) groups is 2. The first-order valence-electron chi connectivity index (χ1n) is 7.45. The smallest absolute Gasteiger partial charge is 0.247 e. The Balaban J connectivity index is 2.32. The number of likely N-dealkylation sites (N-methyl/N-ethyl adjacent to an activating group) is 1. The molecule has 1 saturated heterocycles. The predicted octanol–water partition coefficient (Wildman–Crippen LogP) is 1.79. The molecule has 1 aromatic carbocycles. The van der Waals surface area contributed by atoms with E-state index in [1.165, 1.54) is 0 Å². The van der Waals surface area contributed by atoms with Crippen LogP contribution in [0.3, 0.4) is 0 Å². The first-order valence-corrected chi connectivity index (χ1v) is 8.25. The topological polar surface area (TPSA) is 52.7 Å². The van der Waals surface area contributed by atoms with Crippen LogP contribution in [-0.2, 0) is 9.59 Å². The molecule has 1 N–H and O–H groups in total. The number of nitrogens with zero attached hydrogens (tertiary/aromatic N) is 2. The lowest BCUT2D eigenvalue weighted by Crippen LogP contribution is -2.56. The van der Waals surface area contributed by atoms with E-state index in [0.29, 0.717) is 13.1 Å². The maximum atomic E-state index is 12.9. The Morgan fingerprint density at radius 3 is 2.59 bits per heavy atom. The van der Waals surface area contributed by atoms with Crippen molar-refractivity contribution in [2.24, 2.45) is 0 Å². The Hall–Kier alpha value is -1.40. The van der Waals surface area contributed by atoms with Gasteiger partial charge in [-0.2, -0.15) is 0 Å². The van der Waals surface area contributed by atoms with Crippen LogP contribution in [0, 0.1) is 0 Å². The fourth-order valence-electron chi connectivity index (χ4n) is 2.83. The van der Waals surface area contributed by atoms with E-state index < -0.39 is 6.04 Å². The summed E-state index contributed by atoms with van der Waals surface area (Å²) in [4.78, 5) is 28.8. The van der Waals surface area contributed by atoms with Crippen molar-refractivity contribution in [3.63, 3.8) is 0 Å². The van der Waals surface area contributed by atoms with Gasteiger partial charge in [-0.3, -0.25) is 14.5 Å². The molecule has 2 atom stereocenters. The summed E-state index contributed by atoms with van der Waals surface area (Å²) in [5.41, 5.74) is 0.836. The molecule has 0 radical (unpaired) electrons. The summed E-state index contributed by atoms with van der Waals surface area (Å²) in [5, 5.41) is 2.86. The Morgan fingerprint density at radius 1 is 1.41 bits per heavy atom. The first kappa shape index (κ1) is 17.0. The van der Waals surface area contributed by atoms with Gasteiger partial charge in [-0.25, -0.2) is 0 Å². The summed E-state index contributed by atoms with van der Waals surface area (Å²) in [7, 11) is 3.79. The normalized spacial score (nSPS) is 20.0. The number of benzene rings is 1. The van der Waals surface area contributed by atoms with Crippen molar-refractivity contribution in [2.45, 2.75) is 25.4 Å². The molecule has 0 aliphatic carbocycles. The van der Waals surface area contributed by atoms with Gasteiger partial charge in [-0.05, 0) is 38.2 Å². The highest BCUT2D eigenvalue weighted by Crippen LogP contribution is 2.26. The monoisotopic (exact) mass is 367 g/mol. The molecule has 0 spiro atoms. The lowest BCUT2D eigenvalue weighted by molar-refractivity contribution is -0.147. The summed E-state index contributed by atoms with van der Waals surface area (Å²) in [6, 6.07) is 6.80. The maximum Gasteiger partial charge on any atom is 0.247 e. The molecule has 0 saturated carbocycles. The lowest BCUT2D eigenvalue weighted by Gasteiger charge is -2.38. The van der Waals surface area contributed by atoms with E-state index in [4.69, 9.17) is 0 Å². The minimum absolute atomic E-state index is 0.00951. The first-order chi connectivity index (χ1) is 10.5. The molecule has 2 unspecified atom stereocenters. The zero-order valence-electron chi connectivity index (χ0n) is 13.2. The summed E-state index contributed by atoms with van der Waals surface area (Å²) in [6.45, 7) is 3.03. The van der Waals surface area contributed by atoms with E-state index in [9.17, 15) is 9.59 Å². The van der Waals surface area contributed by atoms with Gasteiger partial charge in [0.1, 0.15) is 6.04 Å². The second kappa shape index (κ2) is 7.24. The summed E-state index contributed by atoms with van der Waals surface area (Å²) in [5.74, 6) is -0.106. The minimum atomic E-state index is -0.552. The molecule has 120 valence electrons. The fraction of sp³-hybridized carbons (Fsp3) is 0.500. The highest BCUT2D eigenvalue weighted by Gasteiger charge is 2.37. The van der Waals surface area contributed by atoms with Gasteiger partial charge in [-0.15, -0.1) is 0 Å². The van der Waals surface area contributed by atoms with Gasteiger partial charge >= 0.3 is 0 Å². The van der Waals surface area contributed by atoms with Crippen LogP contribution in [0.4, 0.5) is 0 Å². The molecule has 2 rings (SSSR count). The number of hydrogen-bond acceptors (Lipinski definition) is 3. The Morgan fingerprint density at radius 2 is 2.05 bits per heavy atom. The molecule has 1 aliphatic heterocycles. The number of piperazine rings is 1. The number of hydrogen-bond donors (Lipinski definition) is 1. The number of nitrogens with one attached hydrogen (secondary N) is 1. The van der Waals surface area contributed by atoms with Crippen LogP contribution in [0.15, 0.2) is 28.7 Å². The molecule has 1 fully saturated rings. The zero-order valence-corrected chi connectivity index (χ0v) is 14.8. The lowest BCUT2D eigenvalue weighted by atomic mass is 10.0. The highest BCUT2D eigenvalue weighted by atomic mass is 79.9. The van der Waals surface area contributed by atoms with E-state index >= 15 is 0 Å². The SMILES string of the molecule is CCC(C(=O)N1CCNC(=O)C1c1ccc(Br)cc1)N(C)C. The standard InChI is InChI=1S/C16H22BrN3O2/c1-4-13(19(2)3)16(22)20-10-9-18-15(21)14(20)11-5-7-12(17)8-6-11/h5-8,13-14H,4,9-10H2,1-3H3,(H,18,21). The van der Waals surface area contributed by atoms with E-state index in [-0.39, 0.29) is 17.9 Å². The second-order valence-corrected chi connectivity index (χ2v) is 6.58. The van der Waals surface area contributed by atoms with Crippen LogP contribution >= 0.6 is 15.9 Å². The van der Waals surface area contributed by atoms with Gasteiger partial charge in [0.15, 0.2) is 0 Å². The Bertz CT molecular complexity index is 545. The second-order valence-electron chi connectivity index (χ2n) is 5.66. The Labute approximate surface area is 139 Å². The molecule has 1 aromatic rings. The summed E-state index contributed by atoms with van der Waals surface area (Å²) in [6.07, 6.45) is 0.719. The number of carbonyl (C=O) groups excluding carboxylic acids is 2. The quantitative estimate of drug-likeness (QED) is 0.882. The van der Waals surface area contributed by atoms with Gasteiger partial charge in [-0.1, -0.05) is 35.0 Å². The predicted molar refractivity (Wildman–Crippen MR) is 89.4 cm³/mol. The Kier molecular flexibility index (Phi) is 5.58. The summed E-state index contributed by atoms with van der Waals surface area (Å²) >= 11 is 3.39. The van der Waals surface area contributed by atoms with Crippen molar-refractivity contribution >= 4 is 27.7 Å². The molecule has 0 aromatic heterocycles. The van der Waals surface area contributed by atoms with Gasteiger partial charge in [0.2, 0.25) is 11.8 Å². The van der Waals surface area contributed by atoms with Crippen molar-refractivity contribution in [2.75, 3.05) is 27.2 Å². The highest BCUT2D eigenvalue weighted by molar-refractivity contribution is 9.10. The largest absolute Gasteiger partial charge is 0.352 e. The van der Waals surface area contributed by atoms with Crippen LogP contribution in [0.25, 0.3) is 0 Å². The van der Waals surface area contributed by atoms with E-state index in [1.807, 2.05) is 50.2 Å². The zero-order chi connectivity index (χ0) is 16.3. The number of rotatable bonds is 4. The third kappa shape index (κ3) is 3.50. The minimum Gasteiger partial charge on any atom is -0.352 e. The van der Waals surface area contributed by atoms with Crippen LogP contribution in [-0.4, -0.2) is 54.8 Å². The average molecular weight is 368 g/mol. The molecular weight excluding hydrogens is 346 g/mol. The molecule has 0 bridgehead atoms. The average Bonchev–Trinajstić information content (AvgIpc) is 2.48. The van der Waals surface area contributed by atoms with E-state index in [1.54, 1.807) is 4.90 Å². The molecule has 2 amide bonds. The van der Waals surface area contributed by atoms with Gasteiger partial charge in [0.25, 0.3) is 0 Å². The van der Waals surface area contributed by atoms with Crippen LogP contribution < -0.4 is 5.32 Å². The van der Waals surface area contributed by atoms with Crippen molar-refractivity contribution in [1.82, 2.24) is 15.1 Å². The van der Waals surface area contributed by atoms with Gasteiger partial charge in [0.05, 0.1) is 6.04 Å². The third-order valence-electron chi connectivity index (χ3n) is 3.98. The van der Waals surface area contributed by atoms with Gasteiger partial charge < -0.3 is 10.2 Å². The van der Waals surface area contributed by atoms with Crippen LogP contribution in [0.5, 0.6) is 0 Å². The molecule has 22 heavy (non-hydrogen) atoms. The van der Waals surface area contributed by atoms with E-state index in [0.717, 1.165) is 16.5 Å². The van der Waals surface area contributed by atoms with E-state index in [2.05, 4.69) is 21.2 Å². The van der Waals surface area contributed by atoms with Crippen molar-refractivity contribution in [1.29, 1.82) is 0 Å². The molecule has 6 heteroatoms. The van der Waals surface area contributed by atoms with Crippen molar-refractivity contribution in [3.8, 4) is 0 Å². The number of halogens is 1. The third-order valence-corrected chi connectivity index (χ3v) is 4.50. The summed E-state index contributed by atoms with van der Waals surface area (Å²) < 4.78 is 0.949. The fourth-order valence-corrected chi connectivity index (χ4v) is 3.10.